The minimum Gasteiger partial charge on any atom is -0.242 e. The Labute approximate surface area is 106 Å². The first-order chi connectivity index (χ1) is 7.11. The molecule has 0 fully saturated rings. The summed E-state index contributed by atoms with van der Waals surface area (Å²) in [5.41, 5.74) is 0.475. The fourth-order valence-electron chi connectivity index (χ4n) is 0.769. The fraction of sp³-hybridized carbons (Fsp3) is 0.0909. The first kappa shape index (κ1) is 14.5. The first-order valence-electron chi connectivity index (χ1n) is 4.25. The zero-order valence-electron chi connectivity index (χ0n) is 8.93. The van der Waals surface area contributed by atoms with Gasteiger partial charge in [0.15, 0.2) is 0 Å². The van der Waals surface area contributed by atoms with Gasteiger partial charge in [-0.2, -0.15) is 0 Å². The Balaban J connectivity index is 0.00000225. The number of rotatable bonds is 2. The predicted molar refractivity (Wildman–Crippen MR) is 52.8 cm³/mol. The van der Waals surface area contributed by atoms with Crippen molar-refractivity contribution in [2.45, 2.75) is 6.92 Å². The Morgan fingerprint density at radius 2 is 1.69 bits per heavy atom. The van der Waals surface area contributed by atoms with Gasteiger partial charge in [0.2, 0.25) is 0 Å². The third-order valence-electron chi connectivity index (χ3n) is 1.55. The molecule has 78 valence electrons. The van der Waals surface area contributed by atoms with Crippen molar-refractivity contribution >= 4 is 11.9 Å². The van der Waals surface area contributed by atoms with E-state index in [0.29, 0.717) is 5.56 Å². The van der Waals surface area contributed by atoms with Crippen molar-refractivity contribution < 1.29 is 38.8 Å². The summed E-state index contributed by atoms with van der Waals surface area (Å²) in [6.07, 6.45) is 0. The Hall–Kier alpha value is -1.48. The second-order valence-corrected chi connectivity index (χ2v) is 2.89. The van der Waals surface area contributed by atoms with E-state index in [-0.39, 0.29) is 25.1 Å². The first-order valence-corrected chi connectivity index (χ1v) is 4.25. The van der Waals surface area contributed by atoms with Gasteiger partial charge in [0, 0.05) is 5.57 Å². The molecular weight excluding hydrogens is 262 g/mol. The van der Waals surface area contributed by atoms with Gasteiger partial charge in [-0.25, -0.2) is 19.4 Å². The summed E-state index contributed by atoms with van der Waals surface area (Å²) < 4.78 is 0. The van der Waals surface area contributed by atoms with Gasteiger partial charge >= 0.3 is 31.4 Å². The molecule has 1 rings (SSSR count). The quantitative estimate of drug-likeness (QED) is 0.357. The molecule has 0 heterocycles. The maximum absolute atomic E-state index is 11.2. The molecule has 5 heteroatoms. The van der Waals surface area contributed by atoms with Crippen LogP contribution in [-0.4, -0.2) is 11.9 Å². The molecule has 0 bridgehead atoms. The van der Waals surface area contributed by atoms with Crippen molar-refractivity contribution in [1.82, 2.24) is 0 Å². The molecule has 0 aliphatic rings. The third-order valence-corrected chi connectivity index (χ3v) is 1.55. The van der Waals surface area contributed by atoms with E-state index in [2.05, 4.69) is 16.4 Å². The summed E-state index contributed by atoms with van der Waals surface area (Å²) in [5.74, 6) is -1.48. The number of carbonyl (C=O) groups excluding carboxylic acids is 2. The van der Waals surface area contributed by atoms with Crippen LogP contribution in [0.1, 0.15) is 17.3 Å². The number of carbonyl (C=O) groups is 2. The van der Waals surface area contributed by atoms with Crippen LogP contribution >= 0.6 is 0 Å². The van der Waals surface area contributed by atoms with Crippen LogP contribution in [0.25, 0.3) is 0 Å². The van der Waals surface area contributed by atoms with Gasteiger partial charge in [0.05, 0.1) is 5.56 Å². The Morgan fingerprint density at radius 1 is 1.12 bits per heavy atom. The molecule has 0 spiro atoms. The van der Waals surface area contributed by atoms with Crippen molar-refractivity contribution in [2.24, 2.45) is 0 Å². The SMILES string of the molecule is C=C(C)C(=O)OOC(=O)c1ccccc1.[Zn+2]. The van der Waals surface area contributed by atoms with Gasteiger partial charge in [-0.05, 0) is 19.1 Å². The standard InChI is InChI=1S/C11H10O4.Zn/c1-8(2)10(12)14-15-11(13)9-6-4-3-5-7-9;/h3-7H,1H2,2H3;/q;+2. The molecule has 1 aromatic rings. The molecule has 0 radical (unpaired) electrons. The Kier molecular flexibility index (Phi) is 6.27. The van der Waals surface area contributed by atoms with Gasteiger partial charge in [-0.15, -0.1) is 0 Å². The van der Waals surface area contributed by atoms with Crippen LogP contribution in [0.4, 0.5) is 0 Å². The maximum Gasteiger partial charge on any atom is 2.00 e. The second-order valence-electron chi connectivity index (χ2n) is 2.89. The summed E-state index contributed by atoms with van der Waals surface area (Å²) in [4.78, 5) is 30.7. The molecule has 0 aliphatic heterocycles. The van der Waals surface area contributed by atoms with Crippen LogP contribution < -0.4 is 0 Å². The number of hydrogen-bond donors (Lipinski definition) is 0. The van der Waals surface area contributed by atoms with Crippen LogP contribution in [0, 0.1) is 0 Å². The van der Waals surface area contributed by atoms with Crippen LogP contribution in [0.3, 0.4) is 0 Å². The average molecular weight is 272 g/mol. The van der Waals surface area contributed by atoms with Crippen LogP contribution in [0.5, 0.6) is 0 Å². The van der Waals surface area contributed by atoms with Crippen molar-refractivity contribution in [3.63, 3.8) is 0 Å². The minimum absolute atomic E-state index is 0. The molecule has 0 unspecified atom stereocenters. The molecule has 1 aromatic carbocycles. The Bertz CT molecular complexity index is 386. The topological polar surface area (TPSA) is 52.6 Å². The van der Waals surface area contributed by atoms with Crippen molar-refractivity contribution in [1.29, 1.82) is 0 Å². The molecule has 0 aromatic heterocycles. The Morgan fingerprint density at radius 3 is 2.19 bits per heavy atom. The van der Waals surface area contributed by atoms with Crippen LogP contribution in [-0.2, 0) is 34.0 Å². The van der Waals surface area contributed by atoms with E-state index in [4.69, 9.17) is 0 Å². The molecular formula is C11H10O4Zn+2. The van der Waals surface area contributed by atoms with Gasteiger partial charge in [-0.1, -0.05) is 24.8 Å². The van der Waals surface area contributed by atoms with E-state index in [1.54, 1.807) is 30.3 Å². The van der Waals surface area contributed by atoms with E-state index in [9.17, 15) is 9.59 Å². The van der Waals surface area contributed by atoms with Crippen LogP contribution in [0.2, 0.25) is 0 Å². The van der Waals surface area contributed by atoms with Crippen LogP contribution in [0.15, 0.2) is 42.5 Å². The average Bonchev–Trinajstić information content (AvgIpc) is 2.26. The summed E-state index contributed by atoms with van der Waals surface area (Å²) in [6.45, 7) is 4.80. The molecule has 0 aliphatic carbocycles. The fourth-order valence-corrected chi connectivity index (χ4v) is 0.769. The molecule has 4 nitrogen and oxygen atoms in total. The predicted octanol–water partition coefficient (Wildman–Crippen LogP) is 1.88. The van der Waals surface area contributed by atoms with Gasteiger partial charge in [-0.3, -0.25) is 0 Å². The third kappa shape index (κ3) is 4.36. The largest absolute Gasteiger partial charge is 2.00 e. The molecule has 16 heavy (non-hydrogen) atoms. The van der Waals surface area contributed by atoms with E-state index in [1.165, 1.54) is 6.92 Å². The maximum atomic E-state index is 11.2. The van der Waals surface area contributed by atoms with E-state index in [0.717, 1.165) is 0 Å². The van der Waals surface area contributed by atoms with Crippen molar-refractivity contribution in [2.75, 3.05) is 0 Å². The summed E-state index contributed by atoms with van der Waals surface area (Å²) in [6, 6.07) is 8.22. The smallest absolute Gasteiger partial charge is 0.242 e. The summed E-state index contributed by atoms with van der Waals surface area (Å²) in [7, 11) is 0. The normalized spacial score (nSPS) is 8.56. The number of benzene rings is 1. The van der Waals surface area contributed by atoms with E-state index in [1.807, 2.05) is 0 Å². The molecule has 0 saturated heterocycles. The summed E-state index contributed by atoms with van der Waals surface area (Å²) >= 11 is 0. The zero-order valence-corrected chi connectivity index (χ0v) is 11.9. The van der Waals surface area contributed by atoms with Gasteiger partial charge in [0.1, 0.15) is 0 Å². The van der Waals surface area contributed by atoms with Crippen molar-refractivity contribution in [3.05, 3.63) is 48.0 Å². The molecule has 0 atom stereocenters. The molecule has 0 saturated carbocycles. The number of hydrogen-bond acceptors (Lipinski definition) is 4. The van der Waals surface area contributed by atoms with Gasteiger partial charge in [0.25, 0.3) is 0 Å². The molecule has 0 N–H and O–H groups in total. The van der Waals surface area contributed by atoms with Gasteiger partial charge < -0.3 is 0 Å². The van der Waals surface area contributed by atoms with E-state index >= 15 is 0 Å². The minimum atomic E-state index is -0.765. The zero-order chi connectivity index (χ0) is 11.3. The van der Waals surface area contributed by atoms with E-state index < -0.39 is 11.9 Å². The second kappa shape index (κ2) is 6.91. The molecule has 0 amide bonds. The van der Waals surface area contributed by atoms with Crippen molar-refractivity contribution in [3.8, 4) is 0 Å². The monoisotopic (exact) mass is 270 g/mol. The summed E-state index contributed by atoms with van der Waals surface area (Å²) in [5, 5.41) is 0.